The summed E-state index contributed by atoms with van der Waals surface area (Å²) in [6.07, 6.45) is -1.34. The van der Waals surface area contributed by atoms with E-state index >= 15 is 0 Å². The number of carboxylic acid groups (broad SMARTS) is 1. The highest BCUT2D eigenvalue weighted by Crippen LogP contribution is 2.41. The Morgan fingerprint density at radius 2 is 1.94 bits per heavy atom. The predicted octanol–water partition coefficient (Wildman–Crippen LogP) is 0.487. The van der Waals surface area contributed by atoms with E-state index in [1.54, 1.807) is 5.43 Å². The number of aliphatic carboxylic acids is 1. The number of benzene rings is 1. The molecule has 0 spiro atoms. The zero-order valence-corrected chi connectivity index (χ0v) is 19.3. The molecule has 0 aliphatic carbocycles. The van der Waals surface area contributed by atoms with Crippen LogP contribution in [-0.2, 0) is 25.4 Å². The summed E-state index contributed by atoms with van der Waals surface area (Å²) in [5.74, 6) is -4.92. The molecule has 2 rings (SSSR count). The van der Waals surface area contributed by atoms with Crippen LogP contribution < -0.4 is 10.9 Å². The smallest absolute Gasteiger partial charge is 0.426 e. The molecular weight excluding hydrogens is 509 g/mol. The molecule has 33 heavy (non-hydrogen) atoms. The Hall–Kier alpha value is -2.81. The minimum absolute atomic E-state index is 0.0398. The molecule has 0 bridgehead atoms. The first-order valence-electron chi connectivity index (χ1n) is 8.98. The van der Waals surface area contributed by atoms with Crippen molar-refractivity contribution in [1.82, 2.24) is 15.8 Å². The lowest BCUT2D eigenvalue weighted by molar-refractivity contribution is -0.163. The lowest BCUT2D eigenvalue weighted by Crippen LogP contribution is -2.68. The van der Waals surface area contributed by atoms with Crippen LogP contribution in [-0.4, -0.2) is 76.3 Å². The molecule has 0 aromatic heterocycles. The topological polar surface area (TPSA) is 206 Å². The molecule has 1 saturated heterocycles. The van der Waals surface area contributed by atoms with Crippen LogP contribution in [0.2, 0.25) is 10.0 Å². The number of nitrogens with zero attached hydrogens (tertiary/aromatic N) is 1. The standard InChI is InChI=1S/C17H19Cl2N3O10S/c1-6-3-9(23)22(6)13(15(27)28)17(2,33(30)31)5-32-16(29)21-20-14(26)7-4-8(18)11(24)12(25)10(7)19/h4,6,13,24-25H,3,5H2,1-2H3,(H,20,26)(H,21,29)(H,27,28)(H,30,31)/p-1/t6-,13+,17+/m1/s1. The number of carbonyl (C=O) groups excluding carboxylic acids is 3. The maximum Gasteiger partial charge on any atom is 0.426 e. The van der Waals surface area contributed by atoms with Gasteiger partial charge in [0, 0.05) is 12.5 Å². The molecule has 16 heteroatoms. The van der Waals surface area contributed by atoms with Gasteiger partial charge in [-0.2, -0.15) is 0 Å². The van der Waals surface area contributed by atoms with E-state index in [1.165, 1.54) is 6.92 Å². The Labute approximate surface area is 198 Å². The summed E-state index contributed by atoms with van der Waals surface area (Å²) < 4.78 is 26.3. The van der Waals surface area contributed by atoms with Crippen molar-refractivity contribution in [2.75, 3.05) is 6.61 Å². The monoisotopic (exact) mass is 526 g/mol. The number of ether oxygens (including phenoxy) is 1. The van der Waals surface area contributed by atoms with Crippen LogP contribution >= 0.6 is 23.2 Å². The van der Waals surface area contributed by atoms with E-state index in [2.05, 4.69) is 0 Å². The molecule has 1 aliphatic rings. The number of likely N-dealkylation sites (tertiary alicyclic amines) is 1. The van der Waals surface area contributed by atoms with Crippen molar-refractivity contribution in [1.29, 1.82) is 0 Å². The van der Waals surface area contributed by atoms with E-state index in [0.29, 0.717) is 0 Å². The molecule has 1 unspecified atom stereocenters. The number of rotatable bonds is 7. The number of phenolic OH excluding ortho intramolecular Hbond substituents is 2. The van der Waals surface area contributed by atoms with E-state index in [-0.39, 0.29) is 6.42 Å². The number of carboxylic acids is 1. The molecule has 3 amide bonds. The van der Waals surface area contributed by atoms with Crippen LogP contribution in [0, 0.1) is 0 Å². The van der Waals surface area contributed by atoms with Gasteiger partial charge in [-0.3, -0.25) is 19.2 Å². The third kappa shape index (κ3) is 5.24. The Morgan fingerprint density at radius 1 is 1.33 bits per heavy atom. The number of amides is 3. The van der Waals surface area contributed by atoms with Crippen molar-refractivity contribution in [3.63, 3.8) is 0 Å². The third-order valence-electron chi connectivity index (χ3n) is 4.88. The number of β-lactam (4-membered cyclic amide) rings is 1. The Kier molecular flexibility index (Phi) is 8.00. The van der Waals surface area contributed by atoms with E-state index < -0.39 is 85.5 Å². The highest BCUT2D eigenvalue weighted by Gasteiger charge is 2.52. The number of hydrogen-bond acceptors (Lipinski definition) is 9. The summed E-state index contributed by atoms with van der Waals surface area (Å²) in [5, 5.41) is 27.7. The number of carbonyl (C=O) groups is 4. The normalized spacial score (nSPS) is 19.0. The van der Waals surface area contributed by atoms with Gasteiger partial charge in [0.15, 0.2) is 11.5 Å². The minimum atomic E-state index is -3.11. The minimum Gasteiger partial charge on any atom is -0.772 e. The van der Waals surface area contributed by atoms with Crippen molar-refractivity contribution < 1.29 is 48.0 Å². The molecule has 1 fully saturated rings. The van der Waals surface area contributed by atoms with Gasteiger partial charge in [-0.15, -0.1) is 0 Å². The number of nitrogens with one attached hydrogen (secondary N) is 2. The van der Waals surface area contributed by atoms with Gasteiger partial charge >= 0.3 is 12.1 Å². The fourth-order valence-electron chi connectivity index (χ4n) is 3.07. The van der Waals surface area contributed by atoms with Gasteiger partial charge in [0.25, 0.3) is 5.91 Å². The molecule has 5 N–H and O–H groups in total. The van der Waals surface area contributed by atoms with Crippen molar-refractivity contribution in [2.45, 2.75) is 37.1 Å². The summed E-state index contributed by atoms with van der Waals surface area (Å²) in [6, 6.07) is -1.47. The van der Waals surface area contributed by atoms with Gasteiger partial charge in [-0.1, -0.05) is 23.2 Å². The van der Waals surface area contributed by atoms with Gasteiger partial charge in [0.1, 0.15) is 12.6 Å². The fourth-order valence-corrected chi connectivity index (χ4v) is 4.05. The highest BCUT2D eigenvalue weighted by atomic mass is 35.5. The van der Waals surface area contributed by atoms with E-state index in [1.807, 2.05) is 5.43 Å². The summed E-state index contributed by atoms with van der Waals surface area (Å²) >= 11 is 8.29. The van der Waals surface area contributed by atoms with Crippen LogP contribution in [0.5, 0.6) is 11.5 Å². The van der Waals surface area contributed by atoms with Crippen LogP contribution in [0.4, 0.5) is 4.79 Å². The summed E-state index contributed by atoms with van der Waals surface area (Å²) in [6.45, 7) is 1.54. The number of phenols is 2. The quantitative estimate of drug-likeness (QED) is 0.144. The van der Waals surface area contributed by atoms with Crippen LogP contribution in [0.1, 0.15) is 30.6 Å². The van der Waals surface area contributed by atoms with Crippen molar-refractivity contribution in [3.8, 4) is 11.5 Å². The second-order valence-electron chi connectivity index (χ2n) is 7.21. The number of hydrazine groups is 1. The van der Waals surface area contributed by atoms with E-state index in [0.717, 1.165) is 17.9 Å². The molecule has 13 nitrogen and oxygen atoms in total. The number of hydrogen-bond donors (Lipinski definition) is 5. The second kappa shape index (κ2) is 9.99. The molecule has 0 saturated carbocycles. The first-order chi connectivity index (χ1) is 15.2. The Bertz CT molecular complexity index is 1040. The van der Waals surface area contributed by atoms with E-state index in [4.69, 9.17) is 27.9 Å². The first kappa shape index (κ1) is 26.4. The number of aromatic hydroxyl groups is 2. The van der Waals surface area contributed by atoms with Gasteiger partial charge < -0.3 is 29.5 Å². The summed E-state index contributed by atoms with van der Waals surface area (Å²) in [7, 11) is 0. The Morgan fingerprint density at radius 3 is 2.42 bits per heavy atom. The van der Waals surface area contributed by atoms with Gasteiger partial charge in [0.2, 0.25) is 5.91 Å². The second-order valence-corrected chi connectivity index (χ2v) is 9.40. The van der Waals surface area contributed by atoms with Gasteiger partial charge in [-0.05, 0) is 31.0 Å². The largest absolute Gasteiger partial charge is 0.772 e. The molecule has 0 radical (unpaired) electrons. The molecule has 1 heterocycles. The molecular formula is C17H18Cl2N3O10S-. The molecule has 4 atom stereocenters. The van der Waals surface area contributed by atoms with Crippen LogP contribution in [0.25, 0.3) is 0 Å². The predicted molar refractivity (Wildman–Crippen MR) is 111 cm³/mol. The average molecular weight is 527 g/mol. The maximum absolute atomic E-state index is 12.2. The molecule has 1 aromatic rings. The van der Waals surface area contributed by atoms with Gasteiger partial charge in [0.05, 0.1) is 20.4 Å². The summed E-state index contributed by atoms with van der Waals surface area (Å²) in [4.78, 5) is 48.6. The molecule has 1 aromatic carbocycles. The van der Waals surface area contributed by atoms with Gasteiger partial charge in [-0.25, -0.2) is 15.0 Å². The molecule has 1 aliphatic heterocycles. The van der Waals surface area contributed by atoms with Crippen LogP contribution in [0.3, 0.4) is 0 Å². The first-order valence-corrected chi connectivity index (χ1v) is 10.8. The number of halogens is 2. The lowest BCUT2D eigenvalue weighted by atomic mass is 9.92. The lowest BCUT2D eigenvalue weighted by Gasteiger charge is -2.49. The summed E-state index contributed by atoms with van der Waals surface area (Å²) in [5.41, 5.74) is 3.21. The average Bonchev–Trinajstić information content (AvgIpc) is 2.74. The van der Waals surface area contributed by atoms with Crippen LogP contribution in [0.15, 0.2) is 6.07 Å². The SMILES string of the molecule is C[C@@H]1CC(=O)N1[C@@H](C(=O)O)[C@](C)(COC(=O)NNC(=O)c1cc(Cl)c(O)c(O)c1Cl)S(=O)[O-]. The fraction of sp³-hybridized carbons (Fsp3) is 0.412. The van der Waals surface area contributed by atoms with E-state index in [9.17, 15) is 43.3 Å². The van der Waals surface area contributed by atoms with Crippen molar-refractivity contribution >= 4 is 58.2 Å². The Balaban J connectivity index is 2.08. The zero-order chi connectivity index (χ0) is 25.2. The zero-order valence-electron chi connectivity index (χ0n) is 17.0. The highest BCUT2D eigenvalue weighted by molar-refractivity contribution is 7.80. The maximum atomic E-state index is 12.2. The third-order valence-corrected chi connectivity index (χ3v) is 6.66. The molecule has 182 valence electrons. The van der Waals surface area contributed by atoms with Crippen molar-refractivity contribution in [2.24, 2.45) is 0 Å². The van der Waals surface area contributed by atoms with Crippen molar-refractivity contribution in [3.05, 3.63) is 21.7 Å².